The third kappa shape index (κ3) is 4.19. The number of hydrogen-bond acceptors (Lipinski definition) is 3. The van der Waals surface area contributed by atoms with Crippen LogP contribution in [0.15, 0.2) is 58.3 Å². The topological polar surface area (TPSA) is 57.8 Å². The van der Waals surface area contributed by atoms with Crippen molar-refractivity contribution in [3.05, 3.63) is 64.9 Å². The van der Waals surface area contributed by atoms with Crippen LogP contribution in [-0.2, 0) is 6.42 Å². The number of hydroxylamine groups is 3. The van der Waals surface area contributed by atoms with Crippen molar-refractivity contribution in [2.75, 3.05) is 33.2 Å². The zero-order chi connectivity index (χ0) is 15.9. The fraction of sp³-hybridized carbons (Fsp3) is 0.368. The van der Waals surface area contributed by atoms with Gasteiger partial charge in [0.15, 0.2) is 0 Å². The molecule has 2 N–H and O–H groups in total. The van der Waals surface area contributed by atoms with E-state index in [-0.39, 0.29) is 22.5 Å². The summed E-state index contributed by atoms with van der Waals surface area (Å²) in [7, 11) is 1.80. The van der Waals surface area contributed by atoms with Crippen LogP contribution < -0.4 is 0 Å². The molecule has 2 aromatic carbocycles. The van der Waals surface area contributed by atoms with Crippen molar-refractivity contribution in [3.8, 4) is 0 Å². The van der Waals surface area contributed by atoms with Crippen LogP contribution >= 0.6 is 24.2 Å². The Kier molecular flexibility index (Phi) is 6.54. The Morgan fingerprint density at radius 1 is 1.00 bits per heavy atom. The first-order valence-corrected chi connectivity index (χ1v) is 9.08. The molecule has 136 valence electrons. The summed E-state index contributed by atoms with van der Waals surface area (Å²) in [6.45, 7) is 3.14. The molecule has 1 unspecified atom stereocenters. The lowest BCUT2D eigenvalue weighted by Crippen LogP contribution is -2.54. The SMILES string of the molecule is C[N+]1([O-])CCN(C2Cc3ccccc3Sc3ccccc32)CC1.Cl.O. The van der Waals surface area contributed by atoms with Gasteiger partial charge in [-0.1, -0.05) is 48.2 Å². The van der Waals surface area contributed by atoms with E-state index in [1.807, 2.05) is 11.8 Å². The van der Waals surface area contributed by atoms with E-state index < -0.39 is 0 Å². The second kappa shape index (κ2) is 8.08. The minimum absolute atomic E-state index is 0. The highest BCUT2D eigenvalue weighted by Gasteiger charge is 2.31. The number of benzene rings is 2. The monoisotopic (exact) mass is 380 g/mol. The molecule has 4 rings (SSSR count). The first kappa shape index (κ1) is 20.2. The molecule has 0 spiro atoms. The molecule has 1 fully saturated rings. The van der Waals surface area contributed by atoms with Gasteiger partial charge in [-0.2, -0.15) is 0 Å². The Bertz CT molecular complexity index is 716. The highest BCUT2D eigenvalue weighted by molar-refractivity contribution is 7.99. The van der Waals surface area contributed by atoms with E-state index in [0.717, 1.165) is 19.5 Å². The van der Waals surface area contributed by atoms with Crippen LogP contribution in [0, 0.1) is 5.21 Å². The Morgan fingerprint density at radius 3 is 2.32 bits per heavy atom. The average molecular weight is 381 g/mol. The highest BCUT2D eigenvalue weighted by atomic mass is 35.5. The molecule has 4 nitrogen and oxygen atoms in total. The summed E-state index contributed by atoms with van der Waals surface area (Å²) in [6, 6.07) is 17.9. The molecule has 2 aliphatic rings. The molecule has 0 bridgehead atoms. The summed E-state index contributed by atoms with van der Waals surface area (Å²) in [5, 5.41) is 12.2. The van der Waals surface area contributed by atoms with Crippen molar-refractivity contribution in [1.29, 1.82) is 0 Å². The quantitative estimate of drug-likeness (QED) is 0.563. The van der Waals surface area contributed by atoms with Gasteiger partial charge in [-0.05, 0) is 29.7 Å². The summed E-state index contributed by atoms with van der Waals surface area (Å²) in [5.41, 5.74) is 2.83. The molecule has 2 aliphatic heterocycles. The van der Waals surface area contributed by atoms with Crippen molar-refractivity contribution in [1.82, 2.24) is 4.90 Å². The van der Waals surface area contributed by atoms with E-state index in [9.17, 15) is 5.21 Å². The van der Waals surface area contributed by atoms with Gasteiger partial charge in [0.2, 0.25) is 0 Å². The number of rotatable bonds is 1. The number of fused-ring (bicyclic) bond motifs is 2. The maximum atomic E-state index is 12.2. The first-order chi connectivity index (χ1) is 11.1. The third-order valence-electron chi connectivity index (χ3n) is 5.05. The molecule has 1 atom stereocenters. The number of likely N-dealkylation sites (N-methyl/N-ethyl adjacent to an activating group) is 1. The number of nitrogens with zero attached hydrogens (tertiary/aromatic N) is 2. The van der Waals surface area contributed by atoms with Crippen molar-refractivity contribution in [2.45, 2.75) is 22.3 Å². The summed E-state index contributed by atoms with van der Waals surface area (Å²) < 4.78 is -0.101. The van der Waals surface area contributed by atoms with Gasteiger partial charge in [-0.3, -0.25) is 4.90 Å². The second-order valence-corrected chi connectivity index (χ2v) is 7.83. The molecule has 1 saturated heterocycles. The predicted octanol–water partition coefficient (Wildman–Crippen LogP) is 3.29. The van der Waals surface area contributed by atoms with E-state index in [0.29, 0.717) is 19.1 Å². The Hall–Kier alpha value is -1.08. The van der Waals surface area contributed by atoms with Crippen molar-refractivity contribution in [2.24, 2.45) is 0 Å². The minimum atomic E-state index is -0.101. The predicted molar refractivity (Wildman–Crippen MR) is 105 cm³/mol. The molecule has 0 aliphatic carbocycles. The standard InChI is InChI=1S/C19H22N2OS.ClH.H2O/c1-21(22)12-10-20(11-13-21)17-14-15-6-2-4-8-18(15)23-19-9-5-3-7-16(17)19;;/h2-9,17H,10-14H2,1H3;1H;1H2. The fourth-order valence-electron chi connectivity index (χ4n) is 3.60. The molecule has 6 heteroatoms. The molecule has 0 aromatic heterocycles. The highest BCUT2D eigenvalue weighted by Crippen LogP contribution is 2.42. The van der Waals surface area contributed by atoms with Gasteiger partial charge in [-0.15, -0.1) is 12.4 Å². The van der Waals surface area contributed by atoms with Crippen LogP contribution in [0.4, 0.5) is 0 Å². The van der Waals surface area contributed by atoms with Crippen LogP contribution in [0.3, 0.4) is 0 Å². The smallest absolute Gasteiger partial charge is 0.0911 e. The fourth-order valence-corrected chi connectivity index (χ4v) is 4.73. The van der Waals surface area contributed by atoms with Gasteiger partial charge >= 0.3 is 0 Å². The summed E-state index contributed by atoms with van der Waals surface area (Å²) in [6.07, 6.45) is 1.03. The average Bonchev–Trinajstić information content (AvgIpc) is 2.71. The lowest BCUT2D eigenvalue weighted by atomic mass is 9.96. The van der Waals surface area contributed by atoms with Crippen molar-refractivity contribution >= 4 is 24.2 Å². The Balaban J connectivity index is 0.00000113. The van der Waals surface area contributed by atoms with Gasteiger partial charge in [0.25, 0.3) is 0 Å². The molecular weight excluding hydrogens is 356 g/mol. The molecule has 0 radical (unpaired) electrons. The lowest BCUT2D eigenvalue weighted by molar-refractivity contribution is -0.865. The van der Waals surface area contributed by atoms with Crippen molar-refractivity contribution < 1.29 is 10.1 Å². The van der Waals surface area contributed by atoms with Gasteiger partial charge in [0.1, 0.15) is 0 Å². The minimum Gasteiger partial charge on any atom is -0.633 e. The van der Waals surface area contributed by atoms with Crippen LogP contribution in [0.2, 0.25) is 0 Å². The van der Waals surface area contributed by atoms with E-state index >= 15 is 0 Å². The van der Waals surface area contributed by atoms with Crippen LogP contribution in [0.1, 0.15) is 17.2 Å². The number of hydrogen-bond donors (Lipinski definition) is 0. The number of halogens is 1. The van der Waals surface area contributed by atoms with Crippen LogP contribution in [-0.4, -0.2) is 48.2 Å². The van der Waals surface area contributed by atoms with Gasteiger partial charge in [0.05, 0.1) is 20.1 Å². The molecule has 2 aromatic rings. The summed E-state index contributed by atoms with van der Waals surface area (Å²) in [4.78, 5) is 5.23. The Labute approximate surface area is 159 Å². The van der Waals surface area contributed by atoms with Crippen molar-refractivity contribution in [3.63, 3.8) is 0 Å². The van der Waals surface area contributed by atoms with E-state index in [1.165, 1.54) is 20.9 Å². The molecular formula is C19H25ClN2O2S. The molecule has 25 heavy (non-hydrogen) atoms. The first-order valence-electron chi connectivity index (χ1n) is 8.27. The largest absolute Gasteiger partial charge is 0.633 e. The Morgan fingerprint density at radius 2 is 1.60 bits per heavy atom. The number of quaternary nitrogens is 1. The van der Waals surface area contributed by atoms with Crippen LogP contribution in [0.25, 0.3) is 0 Å². The van der Waals surface area contributed by atoms with E-state index in [2.05, 4.69) is 53.4 Å². The zero-order valence-corrected chi connectivity index (χ0v) is 16.0. The molecule has 0 amide bonds. The lowest BCUT2D eigenvalue weighted by Gasteiger charge is -2.47. The van der Waals surface area contributed by atoms with Crippen LogP contribution in [0.5, 0.6) is 0 Å². The van der Waals surface area contributed by atoms with Gasteiger partial charge in [-0.25, -0.2) is 0 Å². The van der Waals surface area contributed by atoms with Gasteiger partial charge in [0, 0.05) is 28.9 Å². The second-order valence-electron chi connectivity index (χ2n) is 6.75. The third-order valence-corrected chi connectivity index (χ3v) is 6.25. The summed E-state index contributed by atoms with van der Waals surface area (Å²) >= 11 is 1.88. The summed E-state index contributed by atoms with van der Waals surface area (Å²) in [5.74, 6) is 0. The molecule has 0 saturated carbocycles. The molecule has 2 heterocycles. The maximum Gasteiger partial charge on any atom is 0.0911 e. The maximum absolute atomic E-state index is 12.2. The van der Waals surface area contributed by atoms with E-state index in [4.69, 9.17) is 0 Å². The number of piperazine rings is 1. The zero-order valence-electron chi connectivity index (χ0n) is 14.4. The normalized spacial score (nSPS) is 21.8. The van der Waals surface area contributed by atoms with Gasteiger partial charge < -0.3 is 15.3 Å². The van der Waals surface area contributed by atoms with E-state index in [1.54, 1.807) is 7.05 Å².